The molecule has 2 N–H and O–H groups in total. The number of nitrogens with one attached hydrogen (secondary N) is 2. The number of amides is 1. The maximum absolute atomic E-state index is 12.2. The maximum Gasteiger partial charge on any atom is 0.261 e. The molecule has 0 aliphatic heterocycles. The number of carbonyl (C=O) groups excluding carboxylic acids is 1. The Kier molecular flexibility index (Phi) is 5.60. The minimum absolute atomic E-state index is 0.111. The third-order valence-electron chi connectivity index (χ3n) is 2.78. The second kappa shape index (κ2) is 7.45. The molecule has 0 aliphatic carbocycles. The minimum atomic E-state index is -0.381. The van der Waals surface area contributed by atoms with Crippen molar-refractivity contribution in [3.05, 3.63) is 58.1 Å². The molecule has 2 aromatic rings. The van der Waals surface area contributed by atoms with E-state index < -0.39 is 0 Å². The Hall–Kier alpha value is -1.82. The first kappa shape index (κ1) is 16.5. The van der Waals surface area contributed by atoms with Gasteiger partial charge < -0.3 is 10.1 Å². The van der Waals surface area contributed by atoms with Crippen LogP contribution in [0.2, 0.25) is 10.0 Å². The lowest BCUT2D eigenvalue weighted by atomic mass is 10.2. The molecule has 0 saturated heterocycles. The van der Waals surface area contributed by atoms with Crippen molar-refractivity contribution in [1.82, 2.24) is 5.32 Å². The lowest BCUT2D eigenvalue weighted by molar-refractivity contribution is 0.0975. The van der Waals surface area contributed by atoms with Crippen LogP contribution in [0.25, 0.3) is 0 Å². The second-order valence-corrected chi connectivity index (χ2v) is 5.40. The lowest BCUT2D eigenvalue weighted by Crippen LogP contribution is -2.34. The van der Waals surface area contributed by atoms with Crippen molar-refractivity contribution < 1.29 is 9.53 Å². The van der Waals surface area contributed by atoms with E-state index in [2.05, 4.69) is 10.6 Å². The molecule has 7 heteroatoms. The highest BCUT2D eigenvalue weighted by molar-refractivity contribution is 7.80. The van der Waals surface area contributed by atoms with E-state index in [0.717, 1.165) is 0 Å². The van der Waals surface area contributed by atoms with Crippen LogP contribution in [0.3, 0.4) is 0 Å². The topological polar surface area (TPSA) is 50.4 Å². The molecular weight excluding hydrogens is 343 g/mol. The molecule has 4 nitrogen and oxygen atoms in total. The predicted octanol–water partition coefficient (Wildman–Crippen LogP) is 4.13. The molecule has 0 atom stereocenters. The maximum atomic E-state index is 12.2. The summed E-state index contributed by atoms with van der Waals surface area (Å²) in [7, 11) is 1.49. The zero-order valence-electron chi connectivity index (χ0n) is 11.5. The van der Waals surface area contributed by atoms with Gasteiger partial charge >= 0.3 is 0 Å². The van der Waals surface area contributed by atoms with Gasteiger partial charge in [-0.3, -0.25) is 10.1 Å². The van der Waals surface area contributed by atoms with E-state index >= 15 is 0 Å². The Morgan fingerprint density at radius 1 is 1.14 bits per heavy atom. The van der Waals surface area contributed by atoms with Gasteiger partial charge in [-0.15, -0.1) is 0 Å². The van der Waals surface area contributed by atoms with Crippen molar-refractivity contribution in [2.75, 3.05) is 12.4 Å². The van der Waals surface area contributed by atoms with E-state index in [1.54, 1.807) is 42.5 Å². The van der Waals surface area contributed by atoms with E-state index in [0.29, 0.717) is 27.0 Å². The first-order valence-electron chi connectivity index (χ1n) is 6.22. The Morgan fingerprint density at radius 2 is 1.86 bits per heavy atom. The lowest BCUT2D eigenvalue weighted by Gasteiger charge is -2.12. The standard InChI is InChI=1S/C15H12Cl2N2O2S/c1-21-12-8-3-2-5-9(12)14(20)19-15(22)18-11-7-4-6-10(16)13(11)17/h2-8H,1H3,(H2,18,19,20,22). The fraction of sp³-hybridized carbons (Fsp3) is 0.0667. The quantitative estimate of drug-likeness (QED) is 0.813. The number of benzene rings is 2. The van der Waals surface area contributed by atoms with Crippen molar-refractivity contribution in [3.63, 3.8) is 0 Å². The van der Waals surface area contributed by atoms with E-state index in [1.165, 1.54) is 7.11 Å². The molecular formula is C15H12Cl2N2O2S. The van der Waals surface area contributed by atoms with Crippen LogP contribution in [-0.4, -0.2) is 18.1 Å². The molecule has 0 bridgehead atoms. The monoisotopic (exact) mass is 354 g/mol. The van der Waals surface area contributed by atoms with Crippen LogP contribution in [0.1, 0.15) is 10.4 Å². The highest BCUT2D eigenvalue weighted by atomic mass is 35.5. The summed E-state index contributed by atoms with van der Waals surface area (Å²) in [6.07, 6.45) is 0. The summed E-state index contributed by atoms with van der Waals surface area (Å²) in [5.74, 6) is 0.0803. The van der Waals surface area contributed by atoms with E-state index in [4.69, 9.17) is 40.2 Å². The molecule has 0 unspecified atom stereocenters. The Morgan fingerprint density at radius 3 is 2.59 bits per heavy atom. The number of halogens is 2. The molecule has 2 aromatic carbocycles. The zero-order chi connectivity index (χ0) is 16.1. The Bertz CT molecular complexity index is 722. The van der Waals surface area contributed by atoms with Crippen LogP contribution >= 0.6 is 35.4 Å². The average Bonchev–Trinajstić information content (AvgIpc) is 2.51. The molecule has 114 valence electrons. The van der Waals surface area contributed by atoms with Crippen molar-refractivity contribution in [2.24, 2.45) is 0 Å². The normalized spacial score (nSPS) is 9.95. The number of methoxy groups -OCH3 is 1. The molecule has 2 rings (SSSR count). The van der Waals surface area contributed by atoms with Crippen molar-refractivity contribution in [2.45, 2.75) is 0 Å². The highest BCUT2D eigenvalue weighted by Gasteiger charge is 2.13. The number of hydrogen-bond donors (Lipinski definition) is 2. The average molecular weight is 355 g/mol. The number of ether oxygens (including phenoxy) is 1. The van der Waals surface area contributed by atoms with Crippen molar-refractivity contribution in [1.29, 1.82) is 0 Å². The molecule has 0 spiro atoms. The van der Waals surface area contributed by atoms with Crippen LogP contribution in [0.5, 0.6) is 5.75 Å². The number of carbonyl (C=O) groups is 1. The summed E-state index contributed by atoms with van der Waals surface area (Å²) in [5, 5.41) is 6.23. The van der Waals surface area contributed by atoms with Gasteiger partial charge in [-0.25, -0.2) is 0 Å². The molecule has 1 amide bonds. The molecule has 0 heterocycles. The number of thiocarbonyl (C=S) groups is 1. The molecule has 0 aliphatic rings. The summed E-state index contributed by atoms with van der Waals surface area (Å²) in [4.78, 5) is 12.2. The van der Waals surface area contributed by atoms with Gasteiger partial charge in [0.15, 0.2) is 5.11 Å². The van der Waals surface area contributed by atoms with Crippen LogP contribution in [0.15, 0.2) is 42.5 Å². The summed E-state index contributed by atoms with van der Waals surface area (Å²) < 4.78 is 5.14. The number of para-hydroxylation sites is 1. The molecule has 0 aromatic heterocycles. The van der Waals surface area contributed by atoms with Crippen LogP contribution in [0.4, 0.5) is 5.69 Å². The molecule has 22 heavy (non-hydrogen) atoms. The fourth-order valence-electron chi connectivity index (χ4n) is 1.76. The molecule has 0 radical (unpaired) electrons. The summed E-state index contributed by atoms with van der Waals surface area (Å²) in [6.45, 7) is 0. The van der Waals surface area contributed by atoms with Gasteiger partial charge in [0.05, 0.1) is 28.4 Å². The van der Waals surface area contributed by atoms with Gasteiger partial charge in [-0.1, -0.05) is 41.4 Å². The summed E-state index contributed by atoms with van der Waals surface area (Å²) in [5.41, 5.74) is 0.894. The van der Waals surface area contributed by atoms with Gasteiger partial charge in [0.25, 0.3) is 5.91 Å². The Labute approximate surface area is 143 Å². The van der Waals surface area contributed by atoms with Crippen molar-refractivity contribution >= 4 is 52.1 Å². The van der Waals surface area contributed by atoms with Gasteiger partial charge in [0.2, 0.25) is 0 Å². The largest absolute Gasteiger partial charge is 0.496 e. The van der Waals surface area contributed by atoms with Crippen LogP contribution < -0.4 is 15.4 Å². The zero-order valence-corrected chi connectivity index (χ0v) is 13.9. The van der Waals surface area contributed by atoms with Gasteiger partial charge in [0, 0.05) is 0 Å². The van der Waals surface area contributed by atoms with E-state index in [9.17, 15) is 4.79 Å². The van der Waals surface area contributed by atoms with Crippen LogP contribution in [0, 0.1) is 0 Å². The first-order valence-corrected chi connectivity index (χ1v) is 7.38. The van der Waals surface area contributed by atoms with Gasteiger partial charge in [-0.2, -0.15) is 0 Å². The second-order valence-electron chi connectivity index (χ2n) is 4.21. The van der Waals surface area contributed by atoms with E-state index in [1.807, 2.05) is 0 Å². The fourth-order valence-corrected chi connectivity index (χ4v) is 2.31. The molecule has 0 saturated carbocycles. The smallest absolute Gasteiger partial charge is 0.261 e. The predicted molar refractivity (Wildman–Crippen MR) is 93.1 cm³/mol. The third kappa shape index (κ3) is 3.88. The summed E-state index contributed by atoms with van der Waals surface area (Å²) >= 11 is 17.1. The SMILES string of the molecule is COc1ccccc1C(=O)NC(=S)Nc1cccc(Cl)c1Cl. The Balaban J connectivity index is 2.09. The number of hydrogen-bond acceptors (Lipinski definition) is 3. The van der Waals surface area contributed by atoms with Crippen LogP contribution in [-0.2, 0) is 0 Å². The molecule has 0 fully saturated rings. The first-order chi connectivity index (χ1) is 10.5. The van der Waals surface area contributed by atoms with Crippen molar-refractivity contribution in [3.8, 4) is 5.75 Å². The minimum Gasteiger partial charge on any atom is -0.496 e. The number of rotatable bonds is 3. The van der Waals surface area contributed by atoms with E-state index in [-0.39, 0.29) is 11.0 Å². The third-order valence-corrected chi connectivity index (χ3v) is 3.80. The summed E-state index contributed by atoms with van der Waals surface area (Å²) in [6, 6.07) is 11.9. The van der Waals surface area contributed by atoms with Gasteiger partial charge in [-0.05, 0) is 36.5 Å². The highest BCUT2D eigenvalue weighted by Crippen LogP contribution is 2.29. The number of anilines is 1. The van der Waals surface area contributed by atoms with Gasteiger partial charge in [0.1, 0.15) is 5.75 Å².